The Bertz CT molecular complexity index is 813. The van der Waals surface area contributed by atoms with Gasteiger partial charge in [-0.25, -0.2) is 9.97 Å². The molecule has 29 heavy (non-hydrogen) atoms. The molecule has 1 amide bonds. The fourth-order valence-corrected chi connectivity index (χ4v) is 4.09. The molecule has 1 aliphatic rings. The fourth-order valence-electron chi connectivity index (χ4n) is 3.77. The summed E-state index contributed by atoms with van der Waals surface area (Å²) < 4.78 is 5.22. The summed E-state index contributed by atoms with van der Waals surface area (Å²) in [6.45, 7) is 4.98. The first-order chi connectivity index (χ1) is 14.1. The molecule has 1 fully saturated rings. The number of likely N-dealkylation sites (tertiary alicyclic amines) is 1. The van der Waals surface area contributed by atoms with Crippen LogP contribution in [0.1, 0.15) is 36.8 Å². The number of rotatable bonds is 8. The van der Waals surface area contributed by atoms with Crippen LogP contribution in [0.2, 0.25) is 0 Å². The number of methoxy groups -OCH3 is 1. The smallest absolute Gasteiger partial charge is 0.224 e. The number of amides is 1. The number of benzene rings is 1. The van der Waals surface area contributed by atoms with Crippen LogP contribution in [0.25, 0.3) is 0 Å². The van der Waals surface area contributed by atoms with Crippen molar-refractivity contribution in [3.05, 3.63) is 41.7 Å². The second-order valence-corrected chi connectivity index (χ2v) is 8.36. The number of carbonyl (C=O) groups excluding carboxylic acids is 1. The van der Waals surface area contributed by atoms with Gasteiger partial charge in [0.15, 0.2) is 5.16 Å². The number of aromatic nitrogens is 2. The van der Waals surface area contributed by atoms with Crippen molar-refractivity contribution in [2.24, 2.45) is 5.92 Å². The predicted octanol–water partition coefficient (Wildman–Crippen LogP) is 4.15. The Morgan fingerprint density at radius 1 is 1.34 bits per heavy atom. The van der Waals surface area contributed by atoms with Crippen LogP contribution in [-0.2, 0) is 11.3 Å². The Morgan fingerprint density at radius 2 is 2.14 bits per heavy atom. The monoisotopic (exact) mass is 414 g/mol. The van der Waals surface area contributed by atoms with Crippen LogP contribution in [0, 0.1) is 12.8 Å². The van der Waals surface area contributed by atoms with Crippen molar-refractivity contribution in [1.29, 1.82) is 0 Å². The Hall–Kier alpha value is -2.12. The molecule has 1 aromatic carbocycles. The summed E-state index contributed by atoms with van der Waals surface area (Å²) in [5, 5.41) is 3.85. The molecule has 7 heteroatoms. The van der Waals surface area contributed by atoms with Gasteiger partial charge in [-0.1, -0.05) is 11.8 Å². The van der Waals surface area contributed by atoms with E-state index in [1.165, 1.54) is 12.8 Å². The molecular formula is C22H30N4O2S. The van der Waals surface area contributed by atoms with Crippen molar-refractivity contribution in [2.75, 3.05) is 31.8 Å². The third kappa shape index (κ3) is 6.44. The van der Waals surface area contributed by atoms with E-state index in [0.29, 0.717) is 12.3 Å². The standard InChI is InChI=1S/C22H30N4O2S/c1-16-11-19(28-2)7-8-20(16)25-21(27)9-6-17-5-4-10-26(14-17)15-18-12-23-22(29-3)24-13-18/h7-8,11-13,17H,4-6,9-10,14-15H2,1-3H3,(H,25,27). The Morgan fingerprint density at radius 3 is 2.83 bits per heavy atom. The first kappa shape index (κ1) is 21.6. The second kappa shape index (κ2) is 10.6. The van der Waals surface area contributed by atoms with Crippen LogP contribution in [0.4, 0.5) is 5.69 Å². The first-order valence-corrected chi connectivity index (χ1v) is 11.3. The number of nitrogens with zero attached hydrogens (tertiary/aromatic N) is 3. The zero-order valence-electron chi connectivity index (χ0n) is 17.5. The molecule has 0 bridgehead atoms. The van der Waals surface area contributed by atoms with Crippen molar-refractivity contribution < 1.29 is 9.53 Å². The number of hydrogen-bond acceptors (Lipinski definition) is 6. The SMILES string of the molecule is COc1ccc(NC(=O)CCC2CCCN(Cc3cnc(SC)nc3)C2)c(C)c1. The minimum absolute atomic E-state index is 0.0800. The maximum Gasteiger partial charge on any atom is 0.224 e. The van der Waals surface area contributed by atoms with Gasteiger partial charge < -0.3 is 10.1 Å². The quantitative estimate of drug-likeness (QED) is 0.517. The Kier molecular flexibility index (Phi) is 7.89. The highest BCUT2D eigenvalue weighted by atomic mass is 32.2. The van der Waals surface area contributed by atoms with Crippen LogP contribution < -0.4 is 10.1 Å². The number of ether oxygens (including phenoxy) is 1. The van der Waals surface area contributed by atoms with Gasteiger partial charge in [0.2, 0.25) is 5.91 Å². The van der Waals surface area contributed by atoms with E-state index in [2.05, 4.69) is 20.2 Å². The predicted molar refractivity (Wildman–Crippen MR) is 117 cm³/mol. The lowest BCUT2D eigenvalue weighted by molar-refractivity contribution is -0.116. The summed E-state index contributed by atoms with van der Waals surface area (Å²) in [6, 6.07) is 5.71. The maximum absolute atomic E-state index is 12.4. The molecule has 1 aromatic heterocycles. The van der Waals surface area contributed by atoms with Gasteiger partial charge >= 0.3 is 0 Å². The van der Waals surface area contributed by atoms with E-state index in [1.807, 2.05) is 43.8 Å². The van der Waals surface area contributed by atoms with Gasteiger partial charge in [0.05, 0.1) is 7.11 Å². The molecule has 1 N–H and O–H groups in total. The lowest BCUT2D eigenvalue weighted by Gasteiger charge is -2.32. The number of nitrogens with one attached hydrogen (secondary N) is 1. The zero-order chi connectivity index (χ0) is 20.6. The van der Waals surface area contributed by atoms with Crippen LogP contribution in [0.3, 0.4) is 0 Å². The van der Waals surface area contributed by atoms with Crippen LogP contribution >= 0.6 is 11.8 Å². The molecule has 1 saturated heterocycles. The molecule has 2 aromatic rings. The van der Waals surface area contributed by atoms with E-state index in [9.17, 15) is 4.79 Å². The Balaban J connectivity index is 1.45. The molecule has 0 saturated carbocycles. The first-order valence-electron chi connectivity index (χ1n) is 10.1. The highest BCUT2D eigenvalue weighted by Gasteiger charge is 2.21. The van der Waals surface area contributed by atoms with E-state index in [0.717, 1.165) is 53.8 Å². The summed E-state index contributed by atoms with van der Waals surface area (Å²) in [5.41, 5.74) is 3.02. The Labute approximate surface area is 177 Å². The van der Waals surface area contributed by atoms with Crippen LogP contribution in [0.5, 0.6) is 5.75 Å². The molecule has 1 unspecified atom stereocenters. The normalized spacial score (nSPS) is 17.1. The fraction of sp³-hybridized carbons (Fsp3) is 0.500. The number of carbonyl (C=O) groups is 1. The van der Waals surface area contributed by atoms with E-state index >= 15 is 0 Å². The van der Waals surface area contributed by atoms with Gasteiger partial charge in [0.1, 0.15) is 5.75 Å². The van der Waals surface area contributed by atoms with Crippen LogP contribution in [-0.4, -0.2) is 47.2 Å². The summed E-state index contributed by atoms with van der Waals surface area (Å²) in [6.07, 6.45) is 9.66. The second-order valence-electron chi connectivity index (χ2n) is 7.59. The van der Waals surface area contributed by atoms with Crippen molar-refractivity contribution in [1.82, 2.24) is 14.9 Å². The molecule has 1 aliphatic heterocycles. The molecule has 0 radical (unpaired) electrons. The van der Waals surface area contributed by atoms with Crippen molar-refractivity contribution in [3.8, 4) is 5.75 Å². The topological polar surface area (TPSA) is 67.3 Å². The summed E-state index contributed by atoms with van der Waals surface area (Å²) in [4.78, 5) is 23.6. The third-order valence-corrected chi connectivity index (χ3v) is 5.94. The van der Waals surface area contributed by atoms with Gasteiger partial charge in [-0.3, -0.25) is 9.69 Å². The molecule has 156 valence electrons. The average molecular weight is 415 g/mol. The average Bonchev–Trinajstić information content (AvgIpc) is 2.74. The lowest BCUT2D eigenvalue weighted by Crippen LogP contribution is -2.35. The number of anilines is 1. The summed E-state index contributed by atoms with van der Waals surface area (Å²) in [5.74, 6) is 1.44. The summed E-state index contributed by atoms with van der Waals surface area (Å²) in [7, 11) is 1.65. The molecule has 0 spiro atoms. The highest BCUT2D eigenvalue weighted by molar-refractivity contribution is 7.98. The number of aryl methyl sites for hydroxylation is 1. The molecule has 1 atom stereocenters. The molecule has 0 aliphatic carbocycles. The van der Waals surface area contributed by atoms with E-state index in [4.69, 9.17) is 4.74 Å². The number of piperidine rings is 1. The van der Waals surface area contributed by atoms with Crippen molar-refractivity contribution in [3.63, 3.8) is 0 Å². The van der Waals surface area contributed by atoms with Crippen molar-refractivity contribution in [2.45, 2.75) is 44.3 Å². The zero-order valence-corrected chi connectivity index (χ0v) is 18.3. The lowest BCUT2D eigenvalue weighted by atomic mass is 9.93. The van der Waals surface area contributed by atoms with Crippen molar-refractivity contribution >= 4 is 23.4 Å². The van der Waals surface area contributed by atoms with E-state index in [1.54, 1.807) is 18.9 Å². The largest absolute Gasteiger partial charge is 0.497 e. The minimum atomic E-state index is 0.0800. The number of hydrogen-bond donors (Lipinski definition) is 1. The molecule has 6 nitrogen and oxygen atoms in total. The minimum Gasteiger partial charge on any atom is -0.497 e. The molecule has 2 heterocycles. The van der Waals surface area contributed by atoms with Gasteiger partial charge in [-0.05, 0) is 68.7 Å². The molecule has 3 rings (SSSR count). The third-order valence-electron chi connectivity index (χ3n) is 5.36. The summed E-state index contributed by atoms with van der Waals surface area (Å²) >= 11 is 1.56. The van der Waals surface area contributed by atoms with E-state index in [-0.39, 0.29) is 5.91 Å². The molecular weight excluding hydrogens is 384 g/mol. The maximum atomic E-state index is 12.4. The van der Waals surface area contributed by atoms with Crippen LogP contribution in [0.15, 0.2) is 35.7 Å². The van der Waals surface area contributed by atoms with Gasteiger partial charge in [0, 0.05) is 43.2 Å². The van der Waals surface area contributed by atoms with Gasteiger partial charge in [0.25, 0.3) is 0 Å². The van der Waals surface area contributed by atoms with Gasteiger partial charge in [-0.15, -0.1) is 0 Å². The van der Waals surface area contributed by atoms with E-state index < -0.39 is 0 Å². The highest BCUT2D eigenvalue weighted by Crippen LogP contribution is 2.24. The number of thioether (sulfide) groups is 1. The van der Waals surface area contributed by atoms with Gasteiger partial charge in [-0.2, -0.15) is 0 Å².